The van der Waals surface area contributed by atoms with Crippen LogP contribution in [0, 0.1) is 0 Å². The summed E-state index contributed by atoms with van der Waals surface area (Å²) >= 11 is 0. The molecule has 198 valence electrons. The average molecular weight is 537 g/mol. The van der Waals surface area contributed by atoms with Crippen molar-refractivity contribution in [3.63, 3.8) is 0 Å². The second kappa shape index (κ2) is 10.2. The summed E-state index contributed by atoms with van der Waals surface area (Å²) in [6.07, 6.45) is 6.15. The number of fused-ring (bicyclic) bond motifs is 3. The molecule has 0 saturated heterocycles. The van der Waals surface area contributed by atoms with Gasteiger partial charge in [-0.2, -0.15) is 0 Å². The van der Waals surface area contributed by atoms with Gasteiger partial charge in [0.05, 0.1) is 11.4 Å². The van der Waals surface area contributed by atoms with Crippen LogP contribution in [-0.4, -0.2) is 11.5 Å². The first-order valence-corrected chi connectivity index (χ1v) is 14.4. The molecule has 0 bridgehead atoms. The summed E-state index contributed by atoms with van der Waals surface area (Å²) in [7, 11) is 0. The van der Waals surface area contributed by atoms with Gasteiger partial charge >= 0.3 is 0 Å². The van der Waals surface area contributed by atoms with E-state index in [9.17, 15) is 0 Å². The molecular formula is C40H28N2. The molecule has 0 amide bonds. The van der Waals surface area contributed by atoms with E-state index < -0.39 is 0 Å². The number of nitrogens with one attached hydrogen (secondary N) is 1. The van der Waals surface area contributed by atoms with E-state index in [2.05, 4.69) is 145 Å². The van der Waals surface area contributed by atoms with Crippen molar-refractivity contribution >= 4 is 37.9 Å². The second-order valence-electron chi connectivity index (χ2n) is 10.8. The summed E-state index contributed by atoms with van der Waals surface area (Å²) in [4.78, 5) is 5.12. The molecule has 8 rings (SSSR count). The lowest BCUT2D eigenvalue weighted by molar-refractivity contribution is 0.978. The fourth-order valence-corrected chi connectivity index (χ4v) is 6.47. The minimum Gasteiger partial charge on any atom is -0.387 e. The molecule has 2 heterocycles. The summed E-state index contributed by atoms with van der Waals surface area (Å²) in [6.45, 7) is 0.783. The standard InChI is InChI=1S/C40H28N2/c1-2-12-27(13-3-1)39-32-17-6-8-19-34(32)40(35-20-9-7-18-33(35)39)36-24-23-31(29-15-4-5-16-30(29)36)38-22-10-21-37(42-38)28-14-11-25-41-26-28/h1-25,41H,26H2. The maximum Gasteiger partial charge on any atom is 0.0715 e. The SMILES string of the molecule is C1=CNCC(c2cccc(-c3ccc(-c4c5ccccc5c(-c5ccccc5)c5ccccc45)c4ccccc34)n2)=C1. The highest BCUT2D eigenvalue weighted by Gasteiger charge is 2.19. The summed E-state index contributed by atoms with van der Waals surface area (Å²) in [5.74, 6) is 0. The van der Waals surface area contributed by atoms with Gasteiger partial charge in [0.15, 0.2) is 0 Å². The monoisotopic (exact) mass is 536 g/mol. The molecule has 0 saturated carbocycles. The molecule has 42 heavy (non-hydrogen) atoms. The van der Waals surface area contributed by atoms with Crippen molar-refractivity contribution in [2.45, 2.75) is 0 Å². The van der Waals surface area contributed by atoms with Crippen LogP contribution in [0.15, 0.2) is 152 Å². The minimum absolute atomic E-state index is 0.783. The normalized spacial score (nSPS) is 12.9. The van der Waals surface area contributed by atoms with Crippen molar-refractivity contribution in [2.75, 3.05) is 6.54 Å². The fraction of sp³-hybridized carbons (Fsp3) is 0.0250. The smallest absolute Gasteiger partial charge is 0.0715 e. The molecule has 6 aromatic carbocycles. The first-order chi connectivity index (χ1) is 20.9. The van der Waals surface area contributed by atoms with E-state index >= 15 is 0 Å². The van der Waals surface area contributed by atoms with Crippen LogP contribution in [0.4, 0.5) is 0 Å². The predicted octanol–water partition coefficient (Wildman–Crippen LogP) is 10.0. The molecule has 1 N–H and O–H groups in total. The Kier molecular flexibility index (Phi) is 5.89. The zero-order chi connectivity index (χ0) is 27.9. The summed E-state index contributed by atoms with van der Waals surface area (Å²) < 4.78 is 0. The van der Waals surface area contributed by atoms with Gasteiger partial charge < -0.3 is 5.32 Å². The van der Waals surface area contributed by atoms with E-state index in [4.69, 9.17) is 4.98 Å². The molecule has 1 aliphatic rings. The Morgan fingerprint density at radius 1 is 0.452 bits per heavy atom. The minimum atomic E-state index is 0.783. The number of hydrogen-bond donors (Lipinski definition) is 1. The van der Waals surface area contributed by atoms with Gasteiger partial charge in [0.1, 0.15) is 0 Å². The van der Waals surface area contributed by atoms with E-state index in [-0.39, 0.29) is 0 Å². The third kappa shape index (κ3) is 4.00. The summed E-state index contributed by atoms with van der Waals surface area (Å²) in [6, 6.07) is 48.1. The number of nitrogens with zero attached hydrogens (tertiary/aromatic N) is 1. The van der Waals surface area contributed by atoms with Crippen LogP contribution in [0.1, 0.15) is 5.69 Å². The Balaban J connectivity index is 1.40. The number of benzene rings is 6. The zero-order valence-corrected chi connectivity index (χ0v) is 23.1. The number of aromatic nitrogens is 1. The highest BCUT2D eigenvalue weighted by atomic mass is 14.8. The highest BCUT2D eigenvalue weighted by Crippen LogP contribution is 2.46. The fourth-order valence-electron chi connectivity index (χ4n) is 6.47. The number of pyridine rings is 1. The Bertz CT molecular complexity index is 2130. The van der Waals surface area contributed by atoms with Crippen molar-refractivity contribution in [2.24, 2.45) is 0 Å². The summed E-state index contributed by atoms with van der Waals surface area (Å²) in [5.41, 5.74) is 9.36. The topological polar surface area (TPSA) is 24.9 Å². The van der Waals surface area contributed by atoms with Crippen molar-refractivity contribution < 1.29 is 0 Å². The predicted molar refractivity (Wildman–Crippen MR) is 178 cm³/mol. The van der Waals surface area contributed by atoms with Gasteiger partial charge in [-0.3, -0.25) is 0 Å². The highest BCUT2D eigenvalue weighted by molar-refractivity contribution is 6.24. The Labute approximate surface area is 245 Å². The van der Waals surface area contributed by atoms with Crippen LogP contribution >= 0.6 is 0 Å². The molecule has 0 unspecified atom stereocenters. The van der Waals surface area contributed by atoms with Crippen LogP contribution in [0.25, 0.3) is 71.4 Å². The summed E-state index contributed by atoms with van der Waals surface area (Å²) in [5, 5.41) is 10.8. The van der Waals surface area contributed by atoms with E-state index in [1.807, 2.05) is 12.3 Å². The van der Waals surface area contributed by atoms with Gasteiger partial charge in [-0.25, -0.2) is 4.98 Å². The Morgan fingerprint density at radius 3 is 1.64 bits per heavy atom. The van der Waals surface area contributed by atoms with E-state index in [0.29, 0.717) is 0 Å². The number of allylic oxidation sites excluding steroid dienone is 2. The van der Waals surface area contributed by atoms with Crippen LogP contribution in [-0.2, 0) is 0 Å². The van der Waals surface area contributed by atoms with E-state index in [0.717, 1.165) is 23.5 Å². The molecule has 0 fully saturated rings. The molecule has 1 aromatic heterocycles. The molecule has 0 atom stereocenters. The van der Waals surface area contributed by atoms with E-state index in [1.165, 1.54) is 60.1 Å². The lowest BCUT2D eigenvalue weighted by Gasteiger charge is -2.19. The van der Waals surface area contributed by atoms with Gasteiger partial charge in [0, 0.05) is 12.1 Å². The average Bonchev–Trinajstić information content (AvgIpc) is 3.07. The van der Waals surface area contributed by atoms with Crippen molar-refractivity contribution in [1.29, 1.82) is 0 Å². The molecule has 2 heteroatoms. The Morgan fingerprint density at radius 2 is 1.00 bits per heavy atom. The zero-order valence-electron chi connectivity index (χ0n) is 23.1. The van der Waals surface area contributed by atoms with Crippen LogP contribution < -0.4 is 5.32 Å². The molecule has 0 spiro atoms. The number of rotatable bonds is 4. The van der Waals surface area contributed by atoms with E-state index in [1.54, 1.807) is 0 Å². The largest absolute Gasteiger partial charge is 0.387 e. The third-order valence-corrected chi connectivity index (χ3v) is 8.35. The molecule has 0 aliphatic carbocycles. The van der Waals surface area contributed by atoms with Gasteiger partial charge in [-0.1, -0.05) is 127 Å². The maximum absolute atomic E-state index is 5.12. The first-order valence-electron chi connectivity index (χ1n) is 14.4. The van der Waals surface area contributed by atoms with Crippen molar-refractivity contribution in [1.82, 2.24) is 10.3 Å². The van der Waals surface area contributed by atoms with Crippen LogP contribution in [0.2, 0.25) is 0 Å². The molecule has 1 aliphatic heterocycles. The quantitative estimate of drug-likeness (QED) is 0.226. The van der Waals surface area contributed by atoms with Crippen LogP contribution in [0.3, 0.4) is 0 Å². The van der Waals surface area contributed by atoms with Gasteiger partial charge in [-0.15, -0.1) is 0 Å². The third-order valence-electron chi connectivity index (χ3n) is 8.35. The first kappa shape index (κ1) is 24.3. The van der Waals surface area contributed by atoms with Gasteiger partial charge in [-0.05, 0) is 84.6 Å². The van der Waals surface area contributed by atoms with Gasteiger partial charge in [0.25, 0.3) is 0 Å². The molecular weight excluding hydrogens is 508 g/mol. The maximum atomic E-state index is 5.12. The lowest BCUT2D eigenvalue weighted by atomic mass is 9.84. The second-order valence-corrected chi connectivity index (χ2v) is 10.8. The van der Waals surface area contributed by atoms with Crippen LogP contribution in [0.5, 0.6) is 0 Å². The van der Waals surface area contributed by atoms with Crippen molar-refractivity contribution in [3.8, 4) is 33.5 Å². The molecule has 7 aromatic rings. The van der Waals surface area contributed by atoms with Crippen molar-refractivity contribution in [3.05, 3.63) is 158 Å². The number of dihydropyridines is 1. The lowest BCUT2D eigenvalue weighted by Crippen LogP contribution is -2.12. The Hall–Kier alpha value is -5.47. The number of hydrogen-bond acceptors (Lipinski definition) is 2. The molecule has 0 radical (unpaired) electrons. The molecule has 2 nitrogen and oxygen atoms in total. The van der Waals surface area contributed by atoms with Gasteiger partial charge in [0.2, 0.25) is 0 Å².